The molecule has 3 rings (SSSR count). The first-order chi connectivity index (χ1) is 11.2. The van der Waals surface area contributed by atoms with Gasteiger partial charge >= 0.3 is 0 Å². The van der Waals surface area contributed by atoms with Crippen molar-refractivity contribution < 1.29 is 14.3 Å². The maximum atomic E-state index is 12.2. The molecule has 0 unspecified atom stereocenters. The molecule has 0 aliphatic carbocycles. The Kier molecular flexibility index (Phi) is 4.63. The molecule has 2 amide bonds. The summed E-state index contributed by atoms with van der Waals surface area (Å²) in [5, 5.41) is 0. The van der Waals surface area contributed by atoms with Gasteiger partial charge in [-0.2, -0.15) is 0 Å². The normalized spacial score (nSPS) is 13.3. The summed E-state index contributed by atoms with van der Waals surface area (Å²) in [5.41, 5.74) is 1.95. The smallest absolute Gasteiger partial charge is 0.261 e. The van der Waals surface area contributed by atoms with Crippen molar-refractivity contribution in [1.82, 2.24) is 4.90 Å². The van der Waals surface area contributed by atoms with Gasteiger partial charge in [-0.25, -0.2) is 0 Å². The van der Waals surface area contributed by atoms with Crippen LogP contribution >= 0.6 is 11.6 Å². The van der Waals surface area contributed by atoms with Crippen molar-refractivity contribution in [2.75, 3.05) is 13.2 Å². The number of ether oxygens (including phenoxy) is 1. The van der Waals surface area contributed by atoms with Crippen LogP contribution in [-0.2, 0) is 5.88 Å². The molecule has 2 aromatic carbocycles. The molecule has 0 spiro atoms. The summed E-state index contributed by atoms with van der Waals surface area (Å²) >= 11 is 5.79. The zero-order chi connectivity index (χ0) is 16.2. The topological polar surface area (TPSA) is 46.6 Å². The van der Waals surface area contributed by atoms with Crippen LogP contribution in [0.25, 0.3) is 0 Å². The van der Waals surface area contributed by atoms with Crippen molar-refractivity contribution in [2.45, 2.75) is 12.3 Å². The third-order valence-corrected chi connectivity index (χ3v) is 4.03. The lowest BCUT2D eigenvalue weighted by Crippen LogP contribution is -2.31. The molecule has 0 saturated carbocycles. The third-order valence-electron chi connectivity index (χ3n) is 3.73. The molecular formula is C18H16ClNO3. The number of hydrogen-bond acceptors (Lipinski definition) is 3. The molecule has 1 heterocycles. The van der Waals surface area contributed by atoms with Gasteiger partial charge in [-0.15, -0.1) is 11.6 Å². The fourth-order valence-corrected chi connectivity index (χ4v) is 2.74. The molecule has 0 fully saturated rings. The first-order valence-electron chi connectivity index (χ1n) is 7.43. The van der Waals surface area contributed by atoms with Gasteiger partial charge in [0.15, 0.2) is 0 Å². The van der Waals surface area contributed by atoms with Crippen LogP contribution in [0.2, 0.25) is 0 Å². The van der Waals surface area contributed by atoms with Gasteiger partial charge in [-0.3, -0.25) is 14.5 Å². The average Bonchev–Trinajstić information content (AvgIpc) is 2.84. The van der Waals surface area contributed by atoms with Gasteiger partial charge in [0.2, 0.25) is 0 Å². The molecule has 118 valence electrons. The van der Waals surface area contributed by atoms with E-state index in [-0.39, 0.29) is 11.8 Å². The van der Waals surface area contributed by atoms with E-state index in [1.807, 2.05) is 24.3 Å². The Morgan fingerprint density at radius 3 is 2.30 bits per heavy atom. The number of carbonyl (C=O) groups excluding carboxylic acids is 2. The summed E-state index contributed by atoms with van der Waals surface area (Å²) in [7, 11) is 0. The van der Waals surface area contributed by atoms with E-state index in [0.29, 0.717) is 36.6 Å². The number of benzene rings is 2. The molecule has 1 aliphatic heterocycles. The van der Waals surface area contributed by atoms with Crippen LogP contribution in [0.15, 0.2) is 48.5 Å². The van der Waals surface area contributed by atoms with E-state index in [9.17, 15) is 9.59 Å². The highest BCUT2D eigenvalue weighted by molar-refractivity contribution is 6.21. The standard InChI is InChI=1S/C18H16ClNO3/c19-12-13-5-3-6-14(11-13)23-10-4-9-20-17(21)15-7-1-2-8-16(15)18(20)22/h1-3,5-8,11H,4,9-10,12H2. The Balaban J connectivity index is 1.54. The second-order valence-corrected chi connectivity index (χ2v) is 5.56. The quantitative estimate of drug-likeness (QED) is 0.463. The molecule has 0 atom stereocenters. The number of rotatable bonds is 6. The lowest BCUT2D eigenvalue weighted by atomic mass is 10.1. The van der Waals surface area contributed by atoms with Crippen LogP contribution in [0.1, 0.15) is 32.7 Å². The van der Waals surface area contributed by atoms with Gasteiger partial charge in [0.05, 0.1) is 17.7 Å². The average molecular weight is 330 g/mol. The maximum absolute atomic E-state index is 12.2. The highest BCUT2D eigenvalue weighted by Gasteiger charge is 2.34. The second kappa shape index (κ2) is 6.84. The van der Waals surface area contributed by atoms with Crippen molar-refractivity contribution in [3.8, 4) is 5.75 Å². The molecule has 0 radical (unpaired) electrons. The molecule has 5 heteroatoms. The molecule has 0 saturated heterocycles. The highest BCUT2D eigenvalue weighted by Crippen LogP contribution is 2.22. The van der Waals surface area contributed by atoms with E-state index in [2.05, 4.69) is 0 Å². The number of fused-ring (bicyclic) bond motifs is 1. The number of carbonyl (C=O) groups is 2. The Labute approximate surface area is 139 Å². The van der Waals surface area contributed by atoms with E-state index in [1.165, 1.54) is 4.90 Å². The first-order valence-corrected chi connectivity index (χ1v) is 7.97. The minimum Gasteiger partial charge on any atom is -0.494 e. The number of nitrogens with zero attached hydrogens (tertiary/aromatic N) is 1. The highest BCUT2D eigenvalue weighted by atomic mass is 35.5. The van der Waals surface area contributed by atoms with Crippen molar-refractivity contribution in [3.63, 3.8) is 0 Å². The van der Waals surface area contributed by atoms with Gasteiger partial charge < -0.3 is 4.74 Å². The second-order valence-electron chi connectivity index (χ2n) is 5.29. The molecular weight excluding hydrogens is 314 g/mol. The number of halogens is 1. The van der Waals surface area contributed by atoms with Gasteiger partial charge in [-0.05, 0) is 36.2 Å². The Morgan fingerprint density at radius 2 is 1.65 bits per heavy atom. The molecule has 0 N–H and O–H groups in total. The molecule has 1 aliphatic rings. The van der Waals surface area contributed by atoms with Crippen LogP contribution in [0.4, 0.5) is 0 Å². The Bertz CT molecular complexity index is 710. The summed E-state index contributed by atoms with van der Waals surface area (Å²) in [6, 6.07) is 14.5. The van der Waals surface area contributed by atoms with Gasteiger partial charge in [-0.1, -0.05) is 24.3 Å². The van der Waals surface area contributed by atoms with Gasteiger partial charge in [0.25, 0.3) is 11.8 Å². The predicted octanol–water partition coefficient (Wildman–Crippen LogP) is 3.49. The van der Waals surface area contributed by atoms with E-state index in [0.717, 1.165) is 11.3 Å². The number of amides is 2. The predicted molar refractivity (Wildman–Crippen MR) is 87.9 cm³/mol. The first kappa shape index (κ1) is 15.6. The van der Waals surface area contributed by atoms with E-state index in [4.69, 9.17) is 16.3 Å². The van der Waals surface area contributed by atoms with Crippen LogP contribution in [0.3, 0.4) is 0 Å². The van der Waals surface area contributed by atoms with E-state index >= 15 is 0 Å². The Hall–Kier alpha value is -2.33. The molecule has 4 nitrogen and oxygen atoms in total. The van der Waals surface area contributed by atoms with Crippen LogP contribution in [0.5, 0.6) is 5.75 Å². The monoisotopic (exact) mass is 329 g/mol. The lowest BCUT2D eigenvalue weighted by molar-refractivity contribution is 0.0647. The van der Waals surface area contributed by atoms with Gasteiger partial charge in [0.1, 0.15) is 5.75 Å². The largest absolute Gasteiger partial charge is 0.494 e. The van der Waals surface area contributed by atoms with Crippen molar-refractivity contribution in [2.24, 2.45) is 0 Å². The fourth-order valence-electron chi connectivity index (χ4n) is 2.57. The van der Waals surface area contributed by atoms with Gasteiger partial charge in [0, 0.05) is 12.4 Å². The fraction of sp³-hybridized carbons (Fsp3) is 0.222. The third kappa shape index (κ3) is 3.22. The van der Waals surface area contributed by atoms with Crippen LogP contribution in [0, 0.1) is 0 Å². The molecule has 23 heavy (non-hydrogen) atoms. The van der Waals surface area contributed by atoms with Crippen molar-refractivity contribution >= 4 is 23.4 Å². The summed E-state index contributed by atoms with van der Waals surface area (Å²) in [6.45, 7) is 0.778. The summed E-state index contributed by atoms with van der Waals surface area (Å²) in [4.78, 5) is 25.7. The van der Waals surface area contributed by atoms with E-state index in [1.54, 1.807) is 24.3 Å². The van der Waals surface area contributed by atoms with E-state index < -0.39 is 0 Å². The minimum absolute atomic E-state index is 0.227. The summed E-state index contributed by atoms with van der Waals surface area (Å²) in [6.07, 6.45) is 0.580. The van der Waals surface area contributed by atoms with Crippen LogP contribution in [-0.4, -0.2) is 29.9 Å². The number of imide groups is 1. The maximum Gasteiger partial charge on any atom is 0.261 e. The zero-order valence-electron chi connectivity index (χ0n) is 12.5. The minimum atomic E-state index is -0.227. The van der Waals surface area contributed by atoms with Crippen molar-refractivity contribution in [1.29, 1.82) is 0 Å². The molecule has 2 aromatic rings. The summed E-state index contributed by atoms with van der Waals surface area (Å²) < 4.78 is 5.65. The van der Waals surface area contributed by atoms with Crippen molar-refractivity contribution in [3.05, 3.63) is 65.2 Å². The Morgan fingerprint density at radius 1 is 0.957 bits per heavy atom. The summed E-state index contributed by atoms with van der Waals surface area (Å²) in [5.74, 6) is 0.724. The SMILES string of the molecule is O=C1c2ccccc2C(=O)N1CCCOc1cccc(CCl)c1. The zero-order valence-corrected chi connectivity index (χ0v) is 13.3. The van der Waals surface area contributed by atoms with Crippen LogP contribution < -0.4 is 4.74 Å². The lowest BCUT2D eigenvalue weighted by Gasteiger charge is -2.14. The molecule has 0 aromatic heterocycles. The number of alkyl halides is 1. The molecule has 0 bridgehead atoms. The number of hydrogen-bond donors (Lipinski definition) is 0.